The van der Waals surface area contributed by atoms with E-state index in [1.54, 1.807) is 18.2 Å². The number of aromatic nitrogens is 1. The van der Waals surface area contributed by atoms with Gasteiger partial charge in [-0.05, 0) is 36.2 Å². The molecule has 1 N–H and O–H groups in total. The lowest BCUT2D eigenvalue weighted by Crippen LogP contribution is -2.41. The van der Waals surface area contributed by atoms with Gasteiger partial charge in [-0.2, -0.15) is 0 Å². The van der Waals surface area contributed by atoms with Gasteiger partial charge in [0.2, 0.25) is 5.91 Å². The lowest BCUT2D eigenvalue weighted by molar-refractivity contribution is -0.140. The predicted octanol–water partition coefficient (Wildman–Crippen LogP) is 4.92. The van der Waals surface area contributed by atoms with E-state index in [0.717, 1.165) is 10.3 Å². The van der Waals surface area contributed by atoms with Gasteiger partial charge >= 0.3 is 5.97 Å². The van der Waals surface area contributed by atoms with E-state index in [9.17, 15) is 14.0 Å². The van der Waals surface area contributed by atoms with Gasteiger partial charge in [0.05, 0.1) is 39.3 Å². The summed E-state index contributed by atoms with van der Waals surface area (Å²) in [6.07, 6.45) is -0.0219. The van der Waals surface area contributed by atoms with Crippen molar-refractivity contribution in [1.82, 2.24) is 4.98 Å². The standard InChI is InChI=1S/C19H13Cl2FN2O3S/c20-12-3-4-14-18(17(12)21)23-15(28-14)8-24-13-7-11(22)2-1-9(13)5-10(19(24)27)6-16(25)26/h1-4,7,10H,5-6,8H2,(H,25,26). The van der Waals surface area contributed by atoms with E-state index in [1.165, 1.54) is 28.4 Å². The monoisotopic (exact) mass is 438 g/mol. The molecule has 0 fully saturated rings. The molecule has 1 unspecified atom stereocenters. The lowest BCUT2D eigenvalue weighted by Gasteiger charge is -2.33. The zero-order valence-corrected chi connectivity index (χ0v) is 16.6. The number of carbonyl (C=O) groups is 2. The number of hydrogen-bond donors (Lipinski definition) is 1. The number of halogens is 3. The molecule has 3 aromatic rings. The van der Waals surface area contributed by atoms with Crippen LogP contribution in [0.4, 0.5) is 10.1 Å². The van der Waals surface area contributed by atoms with Crippen molar-refractivity contribution >= 4 is 62.3 Å². The van der Waals surface area contributed by atoms with Gasteiger partial charge < -0.3 is 10.0 Å². The molecule has 2 aromatic carbocycles. The maximum Gasteiger partial charge on any atom is 0.304 e. The normalized spacial score (nSPS) is 16.5. The van der Waals surface area contributed by atoms with Gasteiger partial charge in [0.15, 0.2) is 0 Å². The van der Waals surface area contributed by atoms with Crippen molar-refractivity contribution in [1.29, 1.82) is 0 Å². The second kappa shape index (κ2) is 7.31. The molecule has 1 aliphatic heterocycles. The minimum Gasteiger partial charge on any atom is -0.481 e. The number of benzene rings is 2. The summed E-state index contributed by atoms with van der Waals surface area (Å²) in [5.41, 5.74) is 1.71. The fraction of sp³-hybridized carbons (Fsp3) is 0.211. The zero-order chi connectivity index (χ0) is 20.0. The van der Waals surface area contributed by atoms with E-state index < -0.39 is 17.7 Å². The van der Waals surface area contributed by atoms with E-state index in [4.69, 9.17) is 28.3 Å². The Morgan fingerprint density at radius 3 is 2.86 bits per heavy atom. The fourth-order valence-corrected chi connectivity index (χ4v) is 4.75. The molecule has 0 spiro atoms. The highest BCUT2D eigenvalue weighted by Crippen LogP contribution is 2.37. The molecule has 0 radical (unpaired) electrons. The second-order valence-electron chi connectivity index (χ2n) is 6.51. The van der Waals surface area contributed by atoms with Crippen LogP contribution in [0.3, 0.4) is 0 Å². The molecule has 1 amide bonds. The first-order valence-electron chi connectivity index (χ1n) is 8.38. The Morgan fingerprint density at radius 2 is 2.11 bits per heavy atom. The third kappa shape index (κ3) is 3.45. The third-order valence-corrected chi connectivity index (χ3v) is 6.43. The second-order valence-corrected chi connectivity index (χ2v) is 8.41. The van der Waals surface area contributed by atoms with Crippen molar-refractivity contribution in [3.05, 3.63) is 56.8 Å². The first kappa shape index (κ1) is 19.1. The largest absolute Gasteiger partial charge is 0.481 e. The maximum atomic E-state index is 13.8. The summed E-state index contributed by atoms with van der Waals surface area (Å²) in [7, 11) is 0. The molecule has 4 rings (SSSR count). The number of nitrogens with zero attached hydrogens (tertiary/aromatic N) is 2. The number of rotatable bonds is 4. The topological polar surface area (TPSA) is 70.5 Å². The van der Waals surface area contributed by atoms with Crippen molar-refractivity contribution in [2.75, 3.05) is 4.90 Å². The first-order valence-corrected chi connectivity index (χ1v) is 9.95. The maximum absolute atomic E-state index is 13.8. The zero-order valence-electron chi connectivity index (χ0n) is 14.3. The Balaban J connectivity index is 1.74. The summed E-state index contributed by atoms with van der Waals surface area (Å²) in [6, 6.07) is 7.66. The molecule has 1 aliphatic rings. The molecule has 144 valence electrons. The number of carboxylic acids is 1. The van der Waals surface area contributed by atoms with Gasteiger partial charge in [0.25, 0.3) is 0 Å². The first-order chi connectivity index (χ1) is 13.3. The minimum absolute atomic E-state index is 0.0959. The summed E-state index contributed by atoms with van der Waals surface area (Å²) < 4.78 is 14.6. The molecule has 5 nitrogen and oxygen atoms in total. The van der Waals surface area contributed by atoms with Gasteiger partial charge in [-0.15, -0.1) is 11.3 Å². The van der Waals surface area contributed by atoms with Crippen LogP contribution in [0, 0.1) is 11.7 Å². The number of amides is 1. The molecule has 2 heterocycles. The van der Waals surface area contributed by atoms with Gasteiger partial charge in [0, 0.05) is 0 Å². The van der Waals surface area contributed by atoms with Crippen LogP contribution in [0.25, 0.3) is 10.2 Å². The quantitative estimate of drug-likeness (QED) is 0.627. The Hall–Kier alpha value is -2.22. The smallest absolute Gasteiger partial charge is 0.304 e. The van der Waals surface area contributed by atoms with Crippen molar-refractivity contribution in [2.24, 2.45) is 5.92 Å². The SMILES string of the molecule is O=C(O)CC1Cc2ccc(F)cc2N(Cc2nc3c(Cl)c(Cl)ccc3s2)C1=O. The van der Waals surface area contributed by atoms with Crippen LogP contribution < -0.4 is 4.90 Å². The number of anilines is 1. The van der Waals surface area contributed by atoms with Gasteiger partial charge in [-0.25, -0.2) is 9.37 Å². The Labute approximate surface area is 173 Å². The number of carbonyl (C=O) groups excluding carboxylic acids is 1. The highest BCUT2D eigenvalue weighted by atomic mass is 35.5. The van der Waals surface area contributed by atoms with E-state index in [1.807, 2.05) is 0 Å². The Morgan fingerprint density at radius 1 is 1.32 bits per heavy atom. The van der Waals surface area contributed by atoms with Crippen molar-refractivity contribution < 1.29 is 19.1 Å². The van der Waals surface area contributed by atoms with Crippen LogP contribution in [0.2, 0.25) is 10.0 Å². The Kier molecular flexibility index (Phi) is 4.99. The molecule has 0 saturated carbocycles. The Bertz CT molecular complexity index is 1120. The summed E-state index contributed by atoms with van der Waals surface area (Å²) in [4.78, 5) is 30.0. The highest BCUT2D eigenvalue weighted by molar-refractivity contribution is 7.18. The molecule has 9 heteroatoms. The lowest BCUT2D eigenvalue weighted by atomic mass is 9.89. The third-order valence-electron chi connectivity index (χ3n) is 4.63. The number of fused-ring (bicyclic) bond motifs is 2. The molecule has 0 aliphatic carbocycles. The van der Waals surface area contributed by atoms with Gasteiger partial charge in [-0.3, -0.25) is 9.59 Å². The summed E-state index contributed by atoms with van der Waals surface area (Å²) in [5.74, 6) is -2.58. The molecule has 0 saturated heterocycles. The van der Waals surface area contributed by atoms with E-state index in [-0.39, 0.29) is 25.3 Å². The van der Waals surface area contributed by atoms with Crippen LogP contribution >= 0.6 is 34.5 Å². The number of carboxylic acid groups (broad SMARTS) is 1. The van der Waals surface area contributed by atoms with Crippen molar-refractivity contribution in [2.45, 2.75) is 19.4 Å². The van der Waals surface area contributed by atoms with Gasteiger partial charge in [0.1, 0.15) is 16.3 Å². The molecule has 0 bridgehead atoms. The van der Waals surface area contributed by atoms with Crippen molar-refractivity contribution in [3.63, 3.8) is 0 Å². The summed E-state index contributed by atoms with van der Waals surface area (Å²) >= 11 is 13.6. The molecule has 1 atom stereocenters. The van der Waals surface area contributed by atoms with Crippen LogP contribution in [0.15, 0.2) is 30.3 Å². The molecular formula is C19H13Cl2FN2O3S. The van der Waals surface area contributed by atoms with Crippen LogP contribution in [-0.2, 0) is 22.6 Å². The van der Waals surface area contributed by atoms with E-state index in [2.05, 4.69) is 4.98 Å². The minimum atomic E-state index is -1.05. The fourth-order valence-electron chi connectivity index (χ4n) is 3.37. The van der Waals surface area contributed by atoms with Gasteiger partial charge in [-0.1, -0.05) is 29.3 Å². The van der Waals surface area contributed by atoms with E-state index >= 15 is 0 Å². The number of hydrogen-bond acceptors (Lipinski definition) is 4. The van der Waals surface area contributed by atoms with E-state index in [0.29, 0.717) is 26.3 Å². The average Bonchev–Trinajstić information content (AvgIpc) is 3.05. The average molecular weight is 439 g/mol. The van der Waals surface area contributed by atoms with Crippen LogP contribution in [0.1, 0.15) is 17.0 Å². The highest BCUT2D eigenvalue weighted by Gasteiger charge is 2.35. The summed E-state index contributed by atoms with van der Waals surface area (Å²) in [6.45, 7) is 0.0959. The molecule has 28 heavy (non-hydrogen) atoms. The number of aliphatic carboxylic acids is 1. The summed E-state index contributed by atoms with van der Waals surface area (Å²) in [5, 5.41) is 10.4. The number of thiazole rings is 1. The predicted molar refractivity (Wildman–Crippen MR) is 107 cm³/mol. The molecular weight excluding hydrogens is 426 g/mol. The molecule has 1 aromatic heterocycles. The van der Waals surface area contributed by atoms with Crippen molar-refractivity contribution in [3.8, 4) is 0 Å². The van der Waals surface area contributed by atoms with Crippen LogP contribution in [-0.4, -0.2) is 22.0 Å². The van der Waals surface area contributed by atoms with Crippen LogP contribution in [0.5, 0.6) is 0 Å².